The standard InChI is InChI=1S/C18H26N2O4/c1-12(2)9-14(18(22)20(3)4)19-17(21)8-6-13-5-7-15-16(10-13)24-11-23-15/h5,7,10,12,14H,6,8-9,11H2,1-4H3,(H,19,21). The molecule has 1 aliphatic heterocycles. The molecule has 0 spiro atoms. The van der Waals surface area contributed by atoms with Crippen LogP contribution in [-0.4, -0.2) is 43.6 Å². The molecule has 24 heavy (non-hydrogen) atoms. The summed E-state index contributed by atoms with van der Waals surface area (Å²) < 4.78 is 10.6. The molecule has 1 aromatic carbocycles. The van der Waals surface area contributed by atoms with E-state index in [-0.39, 0.29) is 18.6 Å². The summed E-state index contributed by atoms with van der Waals surface area (Å²) in [6.07, 6.45) is 1.55. The quantitative estimate of drug-likeness (QED) is 0.828. The Morgan fingerprint density at radius 2 is 1.92 bits per heavy atom. The third-order valence-electron chi connectivity index (χ3n) is 3.86. The van der Waals surface area contributed by atoms with Crippen molar-refractivity contribution in [2.45, 2.75) is 39.2 Å². The SMILES string of the molecule is CC(C)CC(NC(=O)CCc1ccc2c(c1)OCO2)C(=O)N(C)C. The van der Waals surface area contributed by atoms with Gasteiger partial charge in [0.2, 0.25) is 18.6 Å². The second-order valence-electron chi connectivity index (χ2n) is 6.67. The first-order valence-corrected chi connectivity index (χ1v) is 8.26. The minimum atomic E-state index is -0.468. The van der Waals surface area contributed by atoms with E-state index in [1.165, 1.54) is 4.90 Å². The van der Waals surface area contributed by atoms with Crippen molar-refractivity contribution in [1.29, 1.82) is 0 Å². The van der Waals surface area contributed by atoms with Gasteiger partial charge in [-0.2, -0.15) is 0 Å². The van der Waals surface area contributed by atoms with Crippen molar-refractivity contribution in [2.24, 2.45) is 5.92 Å². The predicted molar refractivity (Wildman–Crippen MR) is 91.0 cm³/mol. The number of ether oxygens (including phenoxy) is 2. The highest BCUT2D eigenvalue weighted by Crippen LogP contribution is 2.32. The lowest BCUT2D eigenvalue weighted by Gasteiger charge is -2.23. The lowest BCUT2D eigenvalue weighted by Crippen LogP contribution is -2.47. The molecule has 0 fully saturated rings. The van der Waals surface area contributed by atoms with Crippen LogP contribution in [-0.2, 0) is 16.0 Å². The average Bonchev–Trinajstić information content (AvgIpc) is 2.98. The molecule has 0 saturated carbocycles. The minimum Gasteiger partial charge on any atom is -0.454 e. The first kappa shape index (κ1) is 18.1. The molecule has 0 radical (unpaired) electrons. The van der Waals surface area contributed by atoms with Gasteiger partial charge in [0.1, 0.15) is 6.04 Å². The van der Waals surface area contributed by atoms with Gasteiger partial charge in [0, 0.05) is 20.5 Å². The smallest absolute Gasteiger partial charge is 0.244 e. The maximum Gasteiger partial charge on any atom is 0.244 e. The van der Waals surface area contributed by atoms with Gasteiger partial charge in [0.15, 0.2) is 11.5 Å². The molecule has 0 aromatic heterocycles. The van der Waals surface area contributed by atoms with Crippen LogP contribution in [0, 0.1) is 5.92 Å². The third kappa shape index (κ3) is 4.88. The average molecular weight is 334 g/mol. The summed E-state index contributed by atoms with van der Waals surface area (Å²) >= 11 is 0. The maximum absolute atomic E-state index is 12.2. The van der Waals surface area contributed by atoms with Crippen LogP contribution in [0.3, 0.4) is 0 Å². The summed E-state index contributed by atoms with van der Waals surface area (Å²) in [6, 6.07) is 5.21. The molecular weight excluding hydrogens is 308 g/mol. The van der Waals surface area contributed by atoms with Gasteiger partial charge >= 0.3 is 0 Å². The number of likely N-dealkylation sites (N-methyl/N-ethyl adjacent to an activating group) is 1. The Hall–Kier alpha value is -2.24. The summed E-state index contributed by atoms with van der Waals surface area (Å²) in [6.45, 7) is 4.31. The van der Waals surface area contributed by atoms with E-state index in [9.17, 15) is 9.59 Å². The number of carbonyl (C=O) groups is 2. The zero-order valence-electron chi connectivity index (χ0n) is 14.8. The largest absolute Gasteiger partial charge is 0.454 e. The molecule has 1 N–H and O–H groups in total. The van der Waals surface area contributed by atoms with Crippen molar-refractivity contribution in [3.63, 3.8) is 0 Å². The molecule has 2 rings (SSSR count). The van der Waals surface area contributed by atoms with Gasteiger partial charge in [0.25, 0.3) is 0 Å². The monoisotopic (exact) mass is 334 g/mol. The molecule has 1 aromatic rings. The van der Waals surface area contributed by atoms with Crippen LogP contribution in [0.4, 0.5) is 0 Å². The van der Waals surface area contributed by atoms with Gasteiger partial charge in [-0.1, -0.05) is 19.9 Å². The number of carbonyl (C=O) groups excluding carboxylic acids is 2. The van der Waals surface area contributed by atoms with Crippen LogP contribution in [0.15, 0.2) is 18.2 Å². The fraction of sp³-hybridized carbons (Fsp3) is 0.556. The summed E-state index contributed by atoms with van der Waals surface area (Å²) in [5, 5.41) is 2.87. The summed E-state index contributed by atoms with van der Waals surface area (Å²) in [4.78, 5) is 25.9. The van der Waals surface area contributed by atoms with Crippen molar-refractivity contribution < 1.29 is 19.1 Å². The molecule has 1 atom stereocenters. The van der Waals surface area contributed by atoms with Gasteiger partial charge in [0.05, 0.1) is 0 Å². The second-order valence-corrected chi connectivity index (χ2v) is 6.67. The normalized spacial score (nSPS) is 13.7. The molecule has 0 saturated heterocycles. The number of nitrogens with zero attached hydrogens (tertiary/aromatic N) is 1. The number of amides is 2. The Kier molecular flexibility index (Phi) is 6.06. The number of benzene rings is 1. The lowest BCUT2D eigenvalue weighted by atomic mass is 10.0. The molecule has 1 heterocycles. The van der Waals surface area contributed by atoms with E-state index in [1.807, 2.05) is 32.0 Å². The van der Waals surface area contributed by atoms with Crippen LogP contribution in [0.1, 0.15) is 32.3 Å². The van der Waals surface area contributed by atoms with E-state index in [2.05, 4.69) is 5.32 Å². The summed E-state index contributed by atoms with van der Waals surface area (Å²) in [7, 11) is 3.41. The number of hydrogen-bond donors (Lipinski definition) is 1. The Bertz CT molecular complexity index is 599. The summed E-state index contributed by atoms with van der Waals surface area (Å²) in [5.74, 6) is 1.59. The van der Waals surface area contributed by atoms with E-state index in [4.69, 9.17) is 9.47 Å². The molecule has 6 heteroatoms. The molecule has 1 aliphatic rings. The van der Waals surface area contributed by atoms with Crippen molar-refractivity contribution >= 4 is 11.8 Å². The Balaban J connectivity index is 1.89. The molecule has 6 nitrogen and oxygen atoms in total. The highest BCUT2D eigenvalue weighted by atomic mass is 16.7. The van der Waals surface area contributed by atoms with Gasteiger partial charge < -0.3 is 19.7 Å². The molecule has 2 amide bonds. The summed E-state index contributed by atoms with van der Waals surface area (Å²) in [5.41, 5.74) is 1.01. The fourth-order valence-electron chi connectivity index (χ4n) is 2.63. The zero-order valence-corrected chi connectivity index (χ0v) is 14.8. The fourth-order valence-corrected chi connectivity index (χ4v) is 2.63. The van der Waals surface area contributed by atoms with Gasteiger partial charge in [-0.05, 0) is 36.5 Å². The van der Waals surface area contributed by atoms with Gasteiger partial charge in [-0.15, -0.1) is 0 Å². The number of fused-ring (bicyclic) bond motifs is 1. The van der Waals surface area contributed by atoms with Crippen LogP contribution in [0.5, 0.6) is 11.5 Å². The minimum absolute atomic E-state index is 0.0693. The Labute approximate surface area is 143 Å². The maximum atomic E-state index is 12.2. The van der Waals surface area contributed by atoms with Crippen molar-refractivity contribution in [2.75, 3.05) is 20.9 Å². The highest BCUT2D eigenvalue weighted by Gasteiger charge is 2.23. The van der Waals surface area contributed by atoms with Crippen LogP contribution < -0.4 is 14.8 Å². The predicted octanol–water partition coefficient (Wildman–Crippen LogP) is 1.97. The van der Waals surface area contributed by atoms with E-state index in [0.717, 1.165) is 11.3 Å². The Morgan fingerprint density at radius 3 is 2.58 bits per heavy atom. The van der Waals surface area contributed by atoms with Crippen LogP contribution >= 0.6 is 0 Å². The van der Waals surface area contributed by atoms with E-state index >= 15 is 0 Å². The number of rotatable bonds is 7. The van der Waals surface area contributed by atoms with E-state index in [0.29, 0.717) is 30.9 Å². The highest BCUT2D eigenvalue weighted by molar-refractivity contribution is 5.87. The third-order valence-corrected chi connectivity index (χ3v) is 3.86. The molecule has 132 valence electrons. The molecular formula is C18H26N2O4. The zero-order chi connectivity index (χ0) is 17.7. The lowest BCUT2D eigenvalue weighted by molar-refractivity contribution is -0.134. The van der Waals surface area contributed by atoms with Crippen LogP contribution in [0.25, 0.3) is 0 Å². The van der Waals surface area contributed by atoms with Gasteiger partial charge in [-0.25, -0.2) is 0 Å². The van der Waals surface area contributed by atoms with E-state index in [1.54, 1.807) is 14.1 Å². The number of nitrogens with one attached hydrogen (secondary N) is 1. The van der Waals surface area contributed by atoms with E-state index < -0.39 is 6.04 Å². The first-order valence-electron chi connectivity index (χ1n) is 8.26. The molecule has 0 bridgehead atoms. The van der Waals surface area contributed by atoms with Crippen molar-refractivity contribution in [3.05, 3.63) is 23.8 Å². The van der Waals surface area contributed by atoms with Crippen LogP contribution in [0.2, 0.25) is 0 Å². The second kappa shape index (κ2) is 8.04. The molecule has 1 unspecified atom stereocenters. The van der Waals surface area contributed by atoms with Crippen molar-refractivity contribution in [3.8, 4) is 11.5 Å². The number of aryl methyl sites for hydroxylation is 1. The van der Waals surface area contributed by atoms with Gasteiger partial charge in [-0.3, -0.25) is 9.59 Å². The molecule has 0 aliphatic carbocycles. The van der Waals surface area contributed by atoms with Crippen molar-refractivity contribution in [1.82, 2.24) is 10.2 Å². The topological polar surface area (TPSA) is 67.9 Å². The Morgan fingerprint density at radius 1 is 1.21 bits per heavy atom. The number of hydrogen-bond acceptors (Lipinski definition) is 4. The first-order chi connectivity index (χ1) is 11.4.